The second-order valence-corrected chi connectivity index (χ2v) is 4.28. The van der Waals surface area contributed by atoms with Crippen LogP contribution in [0.25, 0.3) is 0 Å². The molecule has 0 aromatic carbocycles. The largest absolute Gasteiger partial charge is 0.456 e. The summed E-state index contributed by atoms with van der Waals surface area (Å²) in [6, 6.07) is 0. The molecule has 0 bridgehead atoms. The lowest BCUT2D eigenvalue weighted by atomic mass is 10.1. The molecule has 0 amide bonds. The van der Waals surface area contributed by atoms with Crippen LogP contribution in [0.3, 0.4) is 0 Å². The van der Waals surface area contributed by atoms with Crippen LogP contribution in [0.15, 0.2) is 0 Å². The van der Waals surface area contributed by atoms with Crippen molar-refractivity contribution < 1.29 is 18.3 Å². The van der Waals surface area contributed by atoms with Crippen molar-refractivity contribution in [2.24, 2.45) is 5.92 Å². The van der Waals surface area contributed by atoms with Crippen molar-refractivity contribution in [3.63, 3.8) is 0 Å². The zero-order chi connectivity index (χ0) is 10.9. The Labute approximate surface area is 77.3 Å². The first-order chi connectivity index (χ1) is 5.57. The van der Waals surface area contributed by atoms with Gasteiger partial charge in [-0.05, 0) is 20.8 Å². The van der Waals surface area contributed by atoms with Crippen molar-refractivity contribution in [2.75, 3.05) is 0 Å². The molecule has 0 aliphatic carbocycles. The van der Waals surface area contributed by atoms with Gasteiger partial charge in [0.05, 0.1) is 0 Å². The van der Waals surface area contributed by atoms with Crippen LogP contribution in [0.4, 0.5) is 8.78 Å². The van der Waals surface area contributed by atoms with Gasteiger partial charge in [0.25, 0.3) is 0 Å². The quantitative estimate of drug-likeness (QED) is 0.631. The van der Waals surface area contributed by atoms with E-state index in [9.17, 15) is 13.6 Å². The number of carbonyl (C=O) groups excluding carboxylic acids is 1. The summed E-state index contributed by atoms with van der Waals surface area (Å²) in [4.78, 5) is 10.9. The molecular formula is C9H16F2O2. The number of ether oxygens (including phenoxy) is 1. The van der Waals surface area contributed by atoms with E-state index in [1.54, 1.807) is 20.8 Å². The number of alkyl halides is 2. The molecule has 0 aliphatic rings. The van der Waals surface area contributed by atoms with Gasteiger partial charge in [-0.3, -0.25) is 0 Å². The molecule has 0 saturated carbocycles. The van der Waals surface area contributed by atoms with Crippen molar-refractivity contribution in [1.29, 1.82) is 0 Å². The van der Waals surface area contributed by atoms with Gasteiger partial charge in [0.1, 0.15) is 5.60 Å². The molecule has 0 aromatic heterocycles. The minimum Gasteiger partial charge on any atom is -0.456 e. The lowest BCUT2D eigenvalue weighted by molar-refractivity contribution is -0.189. The van der Waals surface area contributed by atoms with Crippen LogP contribution < -0.4 is 0 Å². The predicted molar refractivity (Wildman–Crippen MR) is 45.6 cm³/mol. The van der Waals surface area contributed by atoms with Crippen molar-refractivity contribution >= 4 is 5.97 Å². The normalized spacial score (nSPS) is 13.2. The summed E-state index contributed by atoms with van der Waals surface area (Å²) < 4.78 is 30.6. The van der Waals surface area contributed by atoms with Crippen LogP contribution in [0.5, 0.6) is 0 Å². The highest BCUT2D eigenvalue weighted by atomic mass is 19.3. The van der Waals surface area contributed by atoms with Crippen LogP contribution in [0.2, 0.25) is 0 Å². The van der Waals surface area contributed by atoms with E-state index in [1.165, 1.54) is 13.8 Å². The van der Waals surface area contributed by atoms with Crippen LogP contribution in [0.1, 0.15) is 34.6 Å². The third-order valence-electron chi connectivity index (χ3n) is 1.40. The average molecular weight is 194 g/mol. The Kier molecular flexibility index (Phi) is 3.41. The second-order valence-electron chi connectivity index (χ2n) is 4.28. The summed E-state index contributed by atoms with van der Waals surface area (Å²) in [5.74, 6) is -5.88. The summed E-state index contributed by atoms with van der Waals surface area (Å²) in [7, 11) is 0. The Bertz CT molecular complexity index is 192. The molecule has 0 N–H and O–H groups in total. The van der Waals surface area contributed by atoms with E-state index in [0.29, 0.717) is 0 Å². The highest BCUT2D eigenvalue weighted by Crippen LogP contribution is 2.27. The molecule has 0 saturated heterocycles. The van der Waals surface area contributed by atoms with Gasteiger partial charge in [0, 0.05) is 5.92 Å². The molecule has 0 fully saturated rings. The Morgan fingerprint density at radius 2 is 1.62 bits per heavy atom. The maximum absolute atomic E-state index is 13.0. The molecule has 0 heterocycles. The maximum Gasteiger partial charge on any atom is 0.377 e. The van der Waals surface area contributed by atoms with Crippen molar-refractivity contribution in [3.8, 4) is 0 Å². The first kappa shape index (κ1) is 12.3. The molecule has 0 aromatic rings. The summed E-state index contributed by atoms with van der Waals surface area (Å²) in [6.45, 7) is 7.23. The van der Waals surface area contributed by atoms with E-state index in [2.05, 4.69) is 4.74 Å². The van der Waals surface area contributed by atoms with Crippen LogP contribution in [-0.2, 0) is 9.53 Å². The molecule has 0 radical (unpaired) electrons. The molecular weight excluding hydrogens is 178 g/mol. The van der Waals surface area contributed by atoms with Crippen molar-refractivity contribution in [3.05, 3.63) is 0 Å². The Balaban J connectivity index is 4.44. The van der Waals surface area contributed by atoms with E-state index in [-0.39, 0.29) is 0 Å². The van der Waals surface area contributed by atoms with Gasteiger partial charge in [-0.2, -0.15) is 8.78 Å². The molecule has 4 heteroatoms. The Hall–Kier alpha value is -0.670. The van der Waals surface area contributed by atoms with E-state index in [0.717, 1.165) is 0 Å². The fourth-order valence-corrected chi connectivity index (χ4v) is 0.582. The summed E-state index contributed by atoms with van der Waals surface area (Å²) in [5, 5.41) is 0. The average Bonchev–Trinajstić information content (AvgIpc) is 1.82. The van der Waals surface area contributed by atoms with Gasteiger partial charge in [-0.1, -0.05) is 13.8 Å². The molecule has 13 heavy (non-hydrogen) atoms. The van der Waals surface area contributed by atoms with Crippen molar-refractivity contribution in [1.82, 2.24) is 0 Å². The third-order valence-corrected chi connectivity index (χ3v) is 1.40. The lowest BCUT2D eigenvalue weighted by Gasteiger charge is -2.25. The second kappa shape index (κ2) is 3.60. The van der Waals surface area contributed by atoms with Gasteiger partial charge in [-0.25, -0.2) is 4.79 Å². The van der Waals surface area contributed by atoms with Gasteiger partial charge < -0.3 is 4.74 Å². The monoisotopic (exact) mass is 194 g/mol. The standard InChI is InChI=1S/C9H16F2O2/c1-6(2)9(10,11)7(12)13-8(3,4)5/h6H,1-5H3. The summed E-state index contributed by atoms with van der Waals surface area (Å²) in [5.41, 5.74) is -0.866. The number of carbonyl (C=O) groups is 1. The number of hydrogen-bond acceptors (Lipinski definition) is 2. The zero-order valence-electron chi connectivity index (χ0n) is 8.65. The zero-order valence-corrected chi connectivity index (χ0v) is 8.65. The van der Waals surface area contributed by atoms with Crippen LogP contribution in [0, 0.1) is 5.92 Å². The van der Waals surface area contributed by atoms with Gasteiger partial charge in [0.15, 0.2) is 0 Å². The molecule has 0 aliphatic heterocycles. The highest BCUT2D eigenvalue weighted by molar-refractivity contribution is 5.78. The molecule has 2 nitrogen and oxygen atoms in total. The van der Waals surface area contributed by atoms with Crippen LogP contribution >= 0.6 is 0 Å². The van der Waals surface area contributed by atoms with Gasteiger partial charge in [0.2, 0.25) is 0 Å². The SMILES string of the molecule is CC(C)C(F)(F)C(=O)OC(C)(C)C. The van der Waals surface area contributed by atoms with E-state index < -0.39 is 23.4 Å². The van der Waals surface area contributed by atoms with E-state index >= 15 is 0 Å². The smallest absolute Gasteiger partial charge is 0.377 e. The highest BCUT2D eigenvalue weighted by Gasteiger charge is 2.45. The summed E-state index contributed by atoms with van der Waals surface area (Å²) in [6.07, 6.45) is 0. The molecule has 0 unspecified atom stereocenters. The Morgan fingerprint density at radius 1 is 1.23 bits per heavy atom. The fourth-order valence-electron chi connectivity index (χ4n) is 0.582. The van der Waals surface area contributed by atoms with Gasteiger partial charge >= 0.3 is 11.9 Å². The Morgan fingerprint density at radius 3 is 1.85 bits per heavy atom. The first-order valence-electron chi connectivity index (χ1n) is 4.18. The lowest BCUT2D eigenvalue weighted by Crippen LogP contribution is -2.40. The van der Waals surface area contributed by atoms with Crippen LogP contribution in [-0.4, -0.2) is 17.5 Å². The summed E-state index contributed by atoms with van der Waals surface area (Å²) >= 11 is 0. The molecule has 0 rings (SSSR count). The topological polar surface area (TPSA) is 26.3 Å². The number of hydrogen-bond donors (Lipinski definition) is 0. The number of esters is 1. The number of halogens is 2. The fraction of sp³-hybridized carbons (Fsp3) is 0.889. The molecule has 0 atom stereocenters. The first-order valence-corrected chi connectivity index (χ1v) is 4.18. The predicted octanol–water partition coefficient (Wildman–Crippen LogP) is 2.62. The van der Waals surface area contributed by atoms with E-state index in [1.807, 2.05) is 0 Å². The maximum atomic E-state index is 13.0. The minimum absolute atomic E-state index is 0.866. The van der Waals surface area contributed by atoms with Crippen molar-refractivity contribution in [2.45, 2.75) is 46.1 Å². The molecule has 78 valence electrons. The minimum atomic E-state index is -3.40. The number of rotatable bonds is 2. The van der Waals surface area contributed by atoms with E-state index in [4.69, 9.17) is 0 Å². The molecule has 0 spiro atoms. The van der Waals surface area contributed by atoms with Gasteiger partial charge in [-0.15, -0.1) is 0 Å². The third kappa shape index (κ3) is 3.70.